The van der Waals surface area contributed by atoms with Gasteiger partial charge >= 0.3 is 0 Å². The molecule has 7 nitrogen and oxygen atoms in total. The molecule has 0 unspecified atom stereocenters. The second kappa shape index (κ2) is 11.3. The zero-order valence-electron chi connectivity index (χ0n) is 22.5. The number of halogens is 1. The molecule has 0 spiro atoms. The highest BCUT2D eigenvalue weighted by molar-refractivity contribution is 6.06. The molecular weight excluding hydrogens is 493 g/mol. The van der Waals surface area contributed by atoms with Crippen molar-refractivity contribution in [1.82, 2.24) is 14.9 Å². The van der Waals surface area contributed by atoms with Crippen molar-refractivity contribution in [2.24, 2.45) is 0 Å². The van der Waals surface area contributed by atoms with Crippen molar-refractivity contribution in [3.05, 3.63) is 60.7 Å². The number of β-amino-alcohol motifs (C(OH)–C–C–N with tert-alkyl or cyclic N) is 1. The van der Waals surface area contributed by atoms with Gasteiger partial charge in [0.2, 0.25) is 5.71 Å². The van der Waals surface area contributed by atoms with Gasteiger partial charge in [-0.3, -0.25) is 4.90 Å². The fraction of sp³-hybridized carbons (Fsp3) is 0.419. The summed E-state index contributed by atoms with van der Waals surface area (Å²) in [6.45, 7) is 4.67. The van der Waals surface area contributed by atoms with E-state index in [0.29, 0.717) is 11.8 Å². The van der Waals surface area contributed by atoms with Gasteiger partial charge in [-0.05, 0) is 54.8 Å². The van der Waals surface area contributed by atoms with Gasteiger partial charge in [-0.1, -0.05) is 31.4 Å². The molecule has 2 aromatic heterocycles. The maximum atomic E-state index is 13.9. The molecule has 204 valence electrons. The first-order valence-electron chi connectivity index (χ1n) is 14.1. The zero-order valence-corrected chi connectivity index (χ0v) is 22.5. The Morgan fingerprint density at radius 1 is 0.923 bits per heavy atom. The van der Waals surface area contributed by atoms with E-state index < -0.39 is 0 Å². The molecule has 1 saturated carbocycles. The van der Waals surface area contributed by atoms with E-state index in [4.69, 9.17) is 9.40 Å². The number of aliphatic hydroxyl groups excluding tert-OH is 1. The molecule has 2 aliphatic rings. The van der Waals surface area contributed by atoms with Crippen molar-refractivity contribution >= 4 is 22.6 Å². The molecule has 2 fully saturated rings. The molecule has 0 bridgehead atoms. The van der Waals surface area contributed by atoms with Crippen molar-refractivity contribution in [2.75, 3.05) is 56.2 Å². The summed E-state index contributed by atoms with van der Waals surface area (Å²) >= 11 is 0. The second-order valence-electron chi connectivity index (χ2n) is 10.7. The van der Waals surface area contributed by atoms with Gasteiger partial charge in [0.25, 0.3) is 0 Å². The van der Waals surface area contributed by atoms with Crippen LogP contribution in [-0.2, 0) is 0 Å². The monoisotopic (exact) mass is 529 g/mol. The first kappa shape index (κ1) is 25.8. The lowest BCUT2D eigenvalue weighted by Crippen LogP contribution is -2.47. The van der Waals surface area contributed by atoms with Crippen LogP contribution < -0.4 is 9.80 Å². The maximum Gasteiger partial charge on any atom is 0.232 e. The number of benzene rings is 2. The van der Waals surface area contributed by atoms with Crippen LogP contribution in [0.5, 0.6) is 0 Å². The Morgan fingerprint density at radius 3 is 2.31 bits per heavy atom. The summed E-state index contributed by atoms with van der Waals surface area (Å²) in [7, 11) is 2.12. The lowest BCUT2D eigenvalue weighted by Gasteiger charge is -2.35. The molecule has 8 heteroatoms. The van der Waals surface area contributed by atoms with Crippen LogP contribution >= 0.6 is 0 Å². The summed E-state index contributed by atoms with van der Waals surface area (Å²) < 4.78 is 20.4. The van der Waals surface area contributed by atoms with Crippen molar-refractivity contribution < 1.29 is 13.9 Å². The number of hydrogen-bond donors (Lipinski definition) is 1. The second-order valence-corrected chi connectivity index (χ2v) is 10.7. The van der Waals surface area contributed by atoms with E-state index in [1.54, 1.807) is 18.5 Å². The Balaban J connectivity index is 1.39. The van der Waals surface area contributed by atoms with Crippen LogP contribution in [-0.4, -0.2) is 72.4 Å². The highest BCUT2D eigenvalue weighted by atomic mass is 19.1. The highest BCUT2D eigenvalue weighted by Gasteiger charge is 2.27. The van der Waals surface area contributed by atoms with Crippen molar-refractivity contribution in [2.45, 2.75) is 38.1 Å². The van der Waals surface area contributed by atoms with Crippen LogP contribution in [0.15, 0.2) is 59.3 Å². The summed E-state index contributed by atoms with van der Waals surface area (Å²) in [5, 5.41) is 10.1. The molecule has 2 aromatic carbocycles. The van der Waals surface area contributed by atoms with E-state index in [0.717, 1.165) is 79.2 Å². The molecular formula is C31H36FN5O2. The van der Waals surface area contributed by atoms with Gasteiger partial charge in [0, 0.05) is 62.6 Å². The number of piperazine rings is 1. The molecule has 4 aromatic rings. The smallest absolute Gasteiger partial charge is 0.232 e. The number of rotatable bonds is 7. The summed E-state index contributed by atoms with van der Waals surface area (Å²) in [6, 6.07) is 15.5. The van der Waals surface area contributed by atoms with E-state index in [1.165, 1.54) is 37.1 Å². The Labute approximate surface area is 228 Å². The van der Waals surface area contributed by atoms with Crippen LogP contribution in [0.2, 0.25) is 0 Å². The molecule has 1 N–H and O–H groups in total. The molecule has 1 saturated heterocycles. The molecule has 0 atom stereocenters. The van der Waals surface area contributed by atoms with E-state index in [2.05, 4.69) is 51.0 Å². The molecule has 39 heavy (non-hydrogen) atoms. The van der Waals surface area contributed by atoms with E-state index in [-0.39, 0.29) is 12.4 Å². The first-order valence-corrected chi connectivity index (χ1v) is 14.1. The van der Waals surface area contributed by atoms with Gasteiger partial charge in [0.1, 0.15) is 23.7 Å². The highest BCUT2D eigenvalue weighted by Crippen LogP contribution is 2.44. The maximum absolute atomic E-state index is 13.9. The summed E-state index contributed by atoms with van der Waals surface area (Å²) in [5.74, 6) is 1.31. The first-order chi connectivity index (χ1) is 19.1. The van der Waals surface area contributed by atoms with E-state index >= 15 is 0 Å². The van der Waals surface area contributed by atoms with E-state index in [9.17, 15) is 9.50 Å². The fourth-order valence-electron chi connectivity index (χ4n) is 6.12. The van der Waals surface area contributed by atoms with Crippen LogP contribution in [0.3, 0.4) is 0 Å². The topological polar surface area (TPSA) is 68.9 Å². The van der Waals surface area contributed by atoms with Gasteiger partial charge in [-0.15, -0.1) is 0 Å². The minimum absolute atomic E-state index is 0.200. The van der Waals surface area contributed by atoms with Crippen LogP contribution in [0.4, 0.5) is 15.9 Å². The Hall–Kier alpha value is -3.49. The molecule has 0 radical (unpaired) electrons. The lowest BCUT2D eigenvalue weighted by molar-refractivity contribution is 0.189. The Kier molecular flexibility index (Phi) is 7.48. The van der Waals surface area contributed by atoms with Crippen molar-refractivity contribution in [3.63, 3.8) is 0 Å². The van der Waals surface area contributed by atoms with Crippen molar-refractivity contribution in [3.8, 4) is 22.5 Å². The molecule has 3 heterocycles. The number of aromatic nitrogens is 2. The molecule has 1 aliphatic heterocycles. The minimum Gasteiger partial charge on any atom is -0.437 e. The number of fused-ring (bicyclic) bond motifs is 1. The van der Waals surface area contributed by atoms with E-state index in [1.807, 2.05) is 0 Å². The van der Waals surface area contributed by atoms with Gasteiger partial charge in [-0.2, -0.15) is 0 Å². The molecule has 0 amide bonds. The third-order valence-electron chi connectivity index (χ3n) is 8.34. The number of furan rings is 1. The predicted octanol–water partition coefficient (Wildman–Crippen LogP) is 5.58. The summed E-state index contributed by atoms with van der Waals surface area (Å²) in [6.07, 6.45) is 7.62. The van der Waals surface area contributed by atoms with Gasteiger partial charge in [-0.25, -0.2) is 14.4 Å². The van der Waals surface area contributed by atoms with Gasteiger partial charge in [0.15, 0.2) is 0 Å². The minimum atomic E-state index is -0.271. The average Bonchev–Trinajstić information content (AvgIpc) is 3.38. The SMILES string of the molecule is CN(c1ncnc2oc(-c3ccc(N4CCN(CCO)CC4)cc3)c(-c3ccc(F)cc3)c12)C1CCCCC1. The van der Waals surface area contributed by atoms with Gasteiger partial charge in [0.05, 0.1) is 12.0 Å². The quantitative estimate of drug-likeness (QED) is 0.335. The zero-order chi connectivity index (χ0) is 26.8. The lowest BCUT2D eigenvalue weighted by atomic mass is 9.94. The van der Waals surface area contributed by atoms with Crippen LogP contribution in [0.25, 0.3) is 33.6 Å². The number of aliphatic hydroxyl groups is 1. The Morgan fingerprint density at radius 2 is 1.62 bits per heavy atom. The van der Waals surface area contributed by atoms with Crippen molar-refractivity contribution in [1.29, 1.82) is 0 Å². The number of nitrogens with zero attached hydrogens (tertiary/aromatic N) is 5. The van der Waals surface area contributed by atoms with Crippen LogP contribution in [0.1, 0.15) is 32.1 Å². The number of anilines is 2. The summed E-state index contributed by atoms with van der Waals surface area (Å²) in [5.41, 5.74) is 4.43. The van der Waals surface area contributed by atoms with Crippen LogP contribution in [0, 0.1) is 5.82 Å². The number of hydrogen-bond acceptors (Lipinski definition) is 7. The normalized spacial score (nSPS) is 17.2. The molecule has 1 aliphatic carbocycles. The molecule has 6 rings (SSSR count). The summed E-state index contributed by atoms with van der Waals surface area (Å²) in [4.78, 5) is 16.2. The standard InChI is InChI=1S/C31H36FN5O2/c1-35(25-5-3-2-4-6-25)30-28-27(22-7-11-24(32)12-8-22)29(39-31(28)34-21-33-30)23-9-13-26(14-10-23)37-17-15-36(16-18-37)19-20-38/h7-14,21,25,38H,2-6,15-20H2,1H3. The fourth-order valence-corrected chi connectivity index (χ4v) is 6.12. The predicted molar refractivity (Wildman–Crippen MR) is 154 cm³/mol. The largest absolute Gasteiger partial charge is 0.437 e. The third-order valence-corrected chi connectivity index (χ3v) is 8.34. The van der Waals surface area contributed by atoms with Gasteiger partial charge < -0.3 is 19.3 Å². The Bertz CT molecular complexity index is 1390. The average molecular weight is 530 g/mol. The third kappa shape index (κ3) is 5.23.